The summed E-state index contributed by atoms with van der Waals surface area (Å²) in [5, 5.41) is 2.87. The lowest BCUT2D eigenvalue weighted by molar-refractivity contribution is -0.140. The SMILES string of the molecule is CCc1ccc(C(F)(F)F)cc1OC1CCN(C(=O)N2CC[C@@H]3OCC(=O)N[C@@H]3C2)C1.[HH]. The molecule has 0 radical (unpaired) electrons. The zero-order chi connectivity index (χ0) is 22.2. The summed E-state index contributed by atoms with van der Waals surface area (Å²) in [5.74, 6) is 0.0394. The second kappa shape index (κ2) is 8.57. The van der Waals surface area contributed by atoms with E-state index in [1.807, 2.05) is 6.92 Å². The number of ether oxygens (including phenoxy) is 2. The van der Waals surface area contributed by atoms with Gasteiger partial charge in [0.1, 0.15) is 18.5 Å². The summed E-state index contributed by atoms with van der Waals surface area (Å²) >= 11 is 0. The molecule has 0 aromatic heterocycles. The van der Waals surface area contributed by atoms with Crippen LogP contribution in [0, 0.1) is 0 Å². The number of piperidine rings is 1. The van der Waals surface area contributed by atoms with Crippen LogP contribution < -0.4 is 10.1 Å². The quantitative estimate of drug-likeness (QED) is 0.780. The molecule has 3 atom stereocenters. The molecule has 3 aliphatic heterocycles. The second-order valence-corrected chi connectivity index (χ2v) is 8.19. The lowest BCUT2D eigenvalue weighted by Gasteiger charge is -2.42. The van der Waals surface area contributed by atoms with E-state index in [1.165, 1.54) is 6.07 Å². The number of alkyl halides is 3. The number of likely N-dealkylation sites (tertiary alicyclic amines) is 2. The minimum Gasteiger partial charge on any atom is -0.488 e. The lowest BCUT2D eigenvalue weighted by atomic mass is 10.0. The molecule has 1 unspecified atom stereocenters. The predicted molar refractivity (Wildman–Crippen MR) is 107 cm³/mol. The maximum absolute atomic E-state index is 13.1. The van der Waals surface area contributed by atoms with Crippen LogP contribution in [0.2, 0.25) is 0 Å². The van der Waals surface area contributed by atoms with E-state index in [9.17, 15) is 22.8 Å². The van der Waals surface area contributed by atoms with Crippen molar-refractivity contribution in [2.75, 3.05) is 32.8 Å². The number of amides is 3. The molecule has 3 aliphatic rings. The highest BCUT2D eigenvalue weighted by Crippen LogP contribution is 2.34. The van der Waals surface area contributed by atoms with E-state index in [4.69, 9.17) is 9.47 Å². The molecule has 3 saturated heterocycles. The smallest absolute Gasteiger partial charge is 0.416 e. The maximum Gasteiger partial charge on any atom is 0.416 e. The molecule has 0 aliphatic carbocycles. The number of nitrogens with one attached hydrogen (secondary N) is 1. The number of hydrogen-bond donors (Lipinski definition) is 1. The van der Waals surface area contributed by atoms with Crippen molar-refractivity contribution in [3.8, 4) is 5.75 Å². The first kappa shape index (κ1) is 21.7. The molecule has 172 valence electrons. The number of morpholine rings is 1. The number of nitrogens with zero attached hydrogens (tertiary/aromatic N) is 2. The van der Waals surface area contributed by atoms with Gasteiger partial charge in [0.25, 0.3) is 0 Å². The van der Waals surface area contributed by atoms with Crippen LogP contribution in [0.25, 0.3) is 0 Å². The molecule has 7 nitrogen and oxygen atoms in total. The van der Waals surface area contributed by atoms with E-state index in [0.717, 1.165) is 12.1 Å². The Kier molecular flexibility index (Phi) is 6.00. The Morgan fingerprint density at radius 2 is 2.00 bits per heavy atom. The van der Waals surface area contributed by atoms with E-state index in [2.05, 4.69) is 5.32 Å². The molecule has 0 saturated carbocycles. The molecule has 3 heterocycles. The highest BCUT2D eigenvalue weighted by Gasteiger charge is 2.39. The number of fused-ring (bicyclic) bond motifs is 1. The third kappa shape index (κ3) is 4.73. The van der Waals surface area contributed by atoms with Crippen LogP contribution in [0.5, 0.6) is 5.75 Å². The van der Waals surface area contributed by atoms with Gasteiger partial charge in [0.05, 0.1) is 24.3 Å². The van der Waals surface area contributed by atoms with Gasteiger partial charge < -0.3 is 24.6 Å². The zero-order valence-electron chi connectivity index (χ0n) is 17.3. The largest absolute Gasteiger partial charge is 0.488 e. The van der Waals surface area contributed by atoms with Crippen molar-refractivity contribution in [2.45, 2.75) is 50.6 Å². The molecular formula is C21H28F3N3O4. The van der Waals surface area contributed by atoms with Crippen LogP contribution in [0.15, 0.2) is 18.2 Å². The lowest BCUT2D eigenvalue weighted by Crippen LogP contribution is -2.62. The van der Waals surface area contributed by atoms with E-state index in [0.29, 0.717) is 51.0 Å². The van der Waals surface area contributed by atoms with Crippen LogP contribution in [-0.2, 0) is 22.1 Å². The van der Waals surface area contributed by atoms with Gasteiger partial charge in [-0.15, -0.1) is 0 Å². The van der Waals surface area contributed by atoms with Crippen molar-refractivity contribution in [3.63, 3.8) is 0 Å². The molecular weight excluding hydrogens is 415 g/mol. The van der Waals surface area contributed by atoms with E-state index in [-0.39, 0.29) is 44.0 Å². The maximum atomic E-state index is 13.1. The fraction of sp³-hybridized carbons (Fsp3) is 0.619. The van der Waals surface area contributed by atoms with Gasteiger partial charge in [-0.1, -0.05) is 13.0 Å². The molecule has 0 spiro atoms. The fourth-order valence-electron chi connectivity index (χ4n) is 4.38. The summed E-state index contributed by atoms with van der Waals surface area (Å²) in [5.41, 5.74) is -0.0434. The Morgan fingerprint density at radius 3 is 2.74 bits per heavy atom. The van der Waals surface area contributed by atoms with Crippen molar-refractivity contribution in [1.29, 1.82) is 0 Å². The van der Waals surface area contributed by atoms with E-state index >= 15 is 0 Å². The number of halogens is 3. The number of hydrogen-bond acceptors (Lipinski definition) is 4. The number of rotatable bonds is 3. The average molecular weight is 443 g/mol. The van der Waals surface area contributed by atoms with Gasteiger partial charge in [0, 0.05) is 27.5 Å². The molecule has 10 heteroatoms. The summed E-state index contributed by atoms with van der Waals surface area (Å²) in [6, 6.07) is 3.18. The summed E-state index contributed by atoms with van der Waals surface area (Å²) in [7, 11) is 0. The molecule has 3 amide bonds. The predicted octanol–water partition coefficient (Wildman–Crippen LogP) is 2.68. The van der Waals surface area contributed by atoms with Crippen LogP contribution in [0.1, 0.15) is 32.3 Å². The number of aryl methyl sites for hydroxylation is 1. The highest BCUT2D eigenvalue weighted by atomic mass is 19.4. The second-order valence-electron chi connectivity index (χ2n) is 8.19. The minimum absolute atomic E-state index is 0. The van der Waals surface area contributed by atoms with Crippen molar-refractivity contribution in [2.24, 2.45) is 0 Å². The number of benzene rings is 1. The first-order valence-electron chi connectivity index (χ1n) is 10.6. The molecule has 31 heavy (non-hydrogen) atoms. The van der Waals surface area contributed by atoms with Crippen molar-refractivity contribution >= 4 is 11.9 Å². The van der Waals surface area contributed by atoms with Crippen LogP contribution in [0.3, 0.4) is 0 Å². The number of urea groups is 1. The third-order valence-electron chi connectivity index (χ3n) is 6.08. The van der Waals surface area contributed by atoms with Gasteiger partial charge in [0.2, 0.25) is 5.91 Å². The third-order valence-corrected chi connectivity index (χ3v) is 6.08. The molecule has 0 bridgehead atoms. The van der Waals surface area contributed by atoms with Gasteiger partial charge in [-0.05, 0) is 30.5 Å². The topological polar surface area (TPSA) is 71.1 Å². The van der Waals surface area contributed by atoms with Crippen molar-refractivity contribution in [1.82, 2.24) is 15.1 Å². The average Bonchev–Trinajstić information content (AvgIpc) is 3.20. The standard InChI is InChI=1S/C21H26F3N3O4.H2/c1-2-13-3-4-14(21(22,23)24)9-18(13)31-15-5-7-26(10-15)20(29)27-8-6-17-16(11-27)25-19(28)12-30-17;/h3-4,9,15-17H,2,5-8,10-12H2,1H3,(H,25,28);1H/t15?,16-,17+;/m1./s1. The Morgan fingerprint density at radius 1 is 1.26 bits per heavy atom. The molecule has 3 fully saturated rings. The van der Waals surface area contributed by atoms with Gasteiger partial charge in [0.15, 0.2) is 0 Å². The summed E-state index contributed by atoms with van der Waals surface area (Å²) in [6.45, 7) is 3.60. The van der Waals surface area contributed by atoms with E-state index in [1.54, 1.807) is 9.80 Å². The normalized spacial score (nSPS) is 26.5. The van der Waals surface area contributed by atoms with E-state index < -0.39 is 11.7 Å². The van der Waals surface area contributed by atoms with Gasteiger partial charge in [-0.2, -0.15) is 13.2 Å². The summed E-state index contributed by atoms with van der Waals surface area (Å²) < 4.78 is 50.7. The van der Waals surface area contributed by atoms with Crippen molar-refractivity contribution in [3.05, 3.63) is 29.3 Å². The summed E-state index contributed by atoms with van der Waals surface area (Å²) in [6.07, 6.45) is -3.14. The van der Waals surface area contributed by atoms with Gasteiger partial charge in [-0.3, -0.25) is 4.79 Å². The first-order valence-corrected chi connectivity index (χ1v) is 10.6. The van der Waals surface area contributed by atoms with Crippen LogP contribution in [0.4, 0.5) is 18.0 Å². The fourth-order valence-corrected chi connectivity index (χ4v) is 4.38. The molecule has 1 N–H and O–H groups in total. The summed E-state index contributed by atoms with van der Waals surface area (Å²) in [4.78, 5) is 27.9. The monoisotopic (exact) mass is 443 g/mol. The molecule has 1 aromatic rings. The van der Waals surface area contributed by atoms with Gasteiger partial charge in [-0.25, -0.2) is 4.79 Å². The first-order chi connectivity index (χ1) is 14.7. The van der Waals surface area contributed by atoms with Crippen molar-refractivity contribution < 1.29 is 33.7 Å². The Balaban J connectivity index is 0.00000289. The number of carbonyl (C=O) groups excluding carboxylic acids is 2. The molecule has 1 aromatic carbocycles. The highest BCUT2D eigenvalue weighted by molar-refractivity contribution is 5.79. The minimum atomic E-state index is -4.44. The van der Waals surface area contributed by atoms with Crippen LogP contribution >= 0.6 is 0 Å². The Bertz CT molecular complexity index is 854. The Hall–Kier alpha value is -2.49. The molecule has 4 rings (SSSR count). The van der Waals surface area contributed by atoms with Gasteiger partial charge >= 0.3 is 12.2 Å². The van der Waals surface area contributed by atoms with Crippen LogP contribution in [-0.4, -0.2) is 72.8 Å². The number of carbonyl (C=O) groups is 2. The Labute approximate surface area is 179 Å². The zero-order valence-corrected chi connectivity index (χ0v) is 17.3.